The largest absolute Gasteiger partial charge is 0.456 e. The van der Waals surface area contributed by atoms with Gasteiger partial charge in [-0.3, -0.25) is 0 Å². The molecule has 9 rings (SSSR count). The van der Waals surface area contributed by atoms with Crippen molar-refractivity contribution >= 4 is 57.6 Å². The number of aryl methyl sites for hydroxylation is 1. The first-order valence-corrected chi connectivity index (χ1v) is 17.7. The normalized spacial score (nSPS) is 18.1. The Hall–Kier alpha value is -4.28. The SMILES string of the molecule is CC[Si]1(c2ccccc2)c2ccccc2B2c3ccccc3Oc3c(-n4c5c(c6ccccc64)CCCC5)ccc1c32. The second-order valence-corrected chi connectivity index (χ2v) is 16.3. The van der Waals surface area contributed by atoms with Crippen LogP contribution in [-0.2, 0) is 12.8 Å². The first-order chi connectivity index (χ1) is 20.8. The van der Waals surface area contributed by atoms with Crippen LogP contribution in [-0.4, -0.2) is 19.4 Å². The van der Waals surface area contributed by atoms with Crippen LogP contribution in [0.3, 0.4) is 0 Å². The van der Waals surface area contributed by atoms with Gasteiger partial charge in [-0.1, -0.05) is 120 Å². The van der Waals surface area contributed by atoms with Crippen molar-refractivity contribution in [2.24, 2.45) is 0 Å². The molecule has 3 aliphatic rings. The summed E-state index contributed by atoms with van der Waals surface area (Å²) in [5.74, 6) is 2.04. The molecule has 6 aromatic rings. The predicted molar refractivity (Wildman–Crippen MR) is 179 cm³/mol. The zero-order valence-corrected chi connectivity index (χ0v) is 24.9. The van der Waals surface area contributed by atoms with E-state index in [4.69, 9.17) is 4.74 Å². The van der Waals surface area contributed by atoms with Gasteiger partial charge in [0.1, 0.15) is 19.6 Å². The molecule has 2 aliphatic heterocycles. The molecule has 0 radical (unpaired) electrons. The topological polar surface area (TPSA) is 14.2 Å². The molecule has 5 aromatic carbocycles. The minimum Gasteiger partial charge on any atom is -0.456 e. The molecule has 0 fully saturated rings. The van der Waals surface area contributed by atoms with E-state index in [1.165, 1.54) is 67.5 Å². The van der Waals surface area contributed by atoms with Crippen LogP contribution in [0.5, 0.6) is 11.5 Å². The van der Waals surface area contributed by atoms with E-state index in [1.54, 1.807) is 5.19 Å². The lowest BCUT2D eigenvalue weighted by atomic mass is 9.35. The molecule has 0 spiro atoms. The maximum atomic E-state index is 7.11. The van der Waals surface area contributed by atoms with E-state index in [-0.39, 0.29) is 6.71 Å². The minimum atomic E-state index is -2.33. The molecule has 4 heteroatoms. The van der Waals surface area contributed by atoms with Gasteiger partial charge < -0.3 is 9.30 Å². The molecule has 1 atom stereocenters. The minimum absolute atomic E-state index is 0.157. The van der Waals surface area contributed by atoms with E-state index in [0.717, 1.165) is 30.4 Å². The van der Waals surface area contributed by atoms with E-state index < -0.39 is 8.07 Å². The van der Waals surface area contributed by atoms with Gasteiger partial charge in [0.05, 0.1) is 11.2 Å². The zero-order valence-electron chi connectivity index (χ0n) is 23.9. The van der Waals surface area contributed by atoms with Gasteiger partial charge in [-0.15, -0.1) is 0 Å². The monoisotopic (exact) mass is 557 g/mol. The number of benzene rings is 5. The van der Waals surface area contributed by atoms with Gasteiger partial charge in [-0.25, -0.2) is 0 Å². The van der Waals surface area contributed by atoms with Crippen molar-refractivity contribution in [2.45, 2.75) is 38.7 Å². The second kappa shape index (κ2) is 9.11. The number of fused-ring (bicyclic) bond motifs is 7. The molecule has 0 saturated carbocycles. The van der Waals surface area contributed by atoms with Crippen LogP contribution in [0.4, 0.5) is 0 Å². The Morgan fingerprint density at radius 3 is 2.33 bits per heavy atom. The third-order valence-corrected chi connectivity index (χ3v) is 15.4. The molecule has 1 aliphatic carbocycles. The van der Waals surface area contributed by atoms with Gasteiger partial charge >= 0.3 is 0 Å². The molecule has 1 unspecified atom stereocenters. The third kappa shape index (κ3) is 3.11. The summed E-state index contributed by atoms with van der Waals surface area (Å²) in [6.45, 7) is 2.56. The summed E-state index contributed by atoms with van der Waals surface area (Å²) in [7, 11) is -2.33. The zero-order chi connectivity index (χ0) is 27.8. The van der Waals surface area contributed by atoms with Crippen molar-refractivity contribution in [3.05, 3.63) is 127 Å². The van der Waals surface area contributed by atoms with Gasteiger partial charge in [-0.05, 0) is 71.6 Å². The smallest absolute Gasteiger partial charge is 0.250 e. The Balaban J connectivity index is 1.42. The summed E-state index contributed by atoms with van der Waals surface area (Å²) < 4.78 is 9.67. The quantitative estimate of drug-likeness (QED) is 0.281. The third-order valence-electron chi connectivity index (χ3n) is 10.3. The fraction of sp³-hybridized carbons (Fsp3) is 0.158. The van der Waals surface area contributed by atoms with E-state index in [0.29, 0.717) is 0 Å². The summed E-state index contributed by atoms with van der Waals surface area (Å²) >= 11 is 0. The summed E-state index contributed by atoms with van der Waals surface area (Å²) in [6.07, 6.45) is 4.77. The number of ether oxygens (including phenoxy) is 1. The Morgan fingerprint density at radius 1 is 0.714 bits per heavy atom. The van der Waals surface area contributed by atoms with Crippen LogP contribution in [0.15, 0.2) is 115 Å². The van der Waals surface area contributed by atoms with Crippen LogP contribution in [0.2, 0.25) is 6.04 Å². The lowest BCUT2D eigenvalue weighted by molar-refractivity contribution is 0.484. The molecule has 2 nitrogen and oxygen atoms in total. The maximum Gasteiger partial charge on any atom is 0.250 e. The molecule has 202 valence electrons. The summed E-state index contributed by atoms with van der Waals surface area (Å²) in [5, 5.41) is 5.95. The highest BCUT2D eigenvalue weighted by Gasteiger charge is 2.51. The highest BCUT2D eigenvalue weighted by molar-refractivity contribution is 7.20. The first kappa shape index (κ1) is 24.3. The van der Waals surface area contributed by atoms with Gasteiger partial charge in [0.15, 0.2) is 0 Å². The lowest BCUT2D eigenvalue weighted by Crippen LogP contribution is -2.82. The molecule has 0 N–H and O–H groups in total. The van der Waals surface area contributed by atoms with Crippen molar-refractivity contribution in [2.75, 3.05) is 0 Å². The van der Waals surface area contributed by atoms with Crippen LogP contribution >= 0.6 is 0 Å². The van der Waals surface area contributed by atoms with Crippen LogP contribution in [0.1, 0.15) is 31.0 Å². The van der Waals surface area contributed by atoms with Crippen molar-refractivity contribution in [1.82, 2.24) is 4.57 Å². The van der Waals surface area contributed by atoms with E-state index in [9.17, 15) is 0 Å². The number of nitrogens with zero attached hydrogens (tertiary/aromatic N) is 1. The number of hydrogen-bond donors (Lipinski definition) is 0. The average Bonchev–Trinajstić information content (AvgIpc) is 3.39. The maximum absolute atomic E-state index is 7.11. The lowest BCUT2D eigenvalue weighted by Gasteiger charge is -2.44. The molecule has 0 bridgehead atoms. The molecule has 3 heterocycles. The number of rotatable bonds is 3. The van der Waals surface area contributed by atoms with Crippen LogP contribution < -0.4 is 36.7 Å². The van der Waals surface area contributed by atoms with Crippen molar-refractivity contribution in [3.63, 3.8) is 0 Å². The highest BCUT2D eigenvalue weighted by atomic mass is 28.3. The number of hydrogen-bond acceptors (Lipinski definition) is 1. The fourth-order valence-electron chi connectivity index (χ4n) is 8.60. The molecule has 1 aromatic heterocycles. The molecular formula is C38H32BNOSi. The summed E-state index contributed by atoms with van der Waals surface area (Å²) in [4.78, 5) is 0. The van der Waals surface area contributed by atoms with E-state index in [1.807, 2.05) is 0 Å². The molecule has 0 amide bonds. The van der Waals surface area contributed by atoms with E-state index in [2.05, 4.69) is 127 Å². The molecule has 42 heavy (non-hydrogen) atoms. The second-order valence-electron chi connectivity index (χ2n) is 12.1. The Morgan fingerprint density at radius 2 is 1.45 bits per heavy atom. The number of para-hydroxylation sites is 2. The van der Waals surface area contributed by atoms with Crippen molar-refractivity contribution < 1.29 is 4.74 Å². The summed E-state index contributed by atoms with van der Waals surface area (Å²) in [5.41, 5.74) is 9.62. The van der Waals surface area contributed by atoms with E-state index >= 15 is 0 Å². The Bertz CT molecular complexity index is 2030. The average molecular weight is 558 g/mol. The predicted octanol–water partition coefficient (Wildman–Crippen LogP) is 4.93. The standard InChI is InChI=1S/C38H32BNOSi/c1-2-42(26-14-4-3-5-15-26)35-23-13-9-19-30(35)39-29-18-8-12-22-34(29)41-38-33(24-25-36(42)37(38)39)40-31-20-10-6-16-27(31)28-17-7-11-21-32(28)40/h3-6,8-10,12-16,18-20,22-25H,2,7,11,17,21H2,1H3. The van der Waals surface area contributed by atoms with Gasteiger partial charge in [0.25, 0.3) is 6.71 Å². The highest BCUT2D eigenvalue weighted by Crippen LogP contribution is 2.39. The Kier molecular flexibility index (Phi) is 5.28. The van der Waals surface area contributed by atoms with Crippen molar-refractivity contribution in [3.8, 4) is 17.2 Å². The van der Waals surface area contributed by atoms with Crippen LogP contribution in [0.25, 0.3) is 16.6 Å². The molecule has 0 saturated heterocycles. The van der Waals surface area contributed by atoms with Crippen molar-refractivity contribution in [1.29, 1.82) is 0 Å². The Labute approximate surface area is 248 Å². The number of aromatic nitrogens is 1. The van der Waals surface area contributed by atoms with Gasteiger partial charge in [0.2, 0.25) is 0 Å². The van der Waals surface area contributed by atoms with Gasteiger partial charge in [-0.2, -0.15) is 0 Å². The first-order valence-electron chi connectivity index (χ1n) is 15.5. The molecular weight excluding hydrogens is 525 g/mol. The van der Waals surface area contributed by atoms with Gasteiger partial charge in [0, 0.05) is 11.1 Å². The summed E-state index contributed by atoms with van der Waals surface area (Å²) in [6, 6.07) is 44.4. The fourth-order valence-corrected chi connectivity index (χ4v) is 13.6. The van der Waals surface area contributed by atoms with Crippen LogP contribution in [0, 0.1) is 0 Å².